The quantitative estimate of drug-likeness (QED) is 0.692. The Morgan fingerprint density at radius 2 is 1.61 bits per heavy atom. The van der Waals surface area contributed by atoms with Gasteiger partial charge in [-0.3, -0.25) is 0 Å². The molecule has 0 heteroatoms. The maximum absolute atomic E-state index is 2.40. The first-order chi connectivity index (χ1) is 8.68. The molecule has 0 aliphatic heterocycles. The van der Waals surface area contributed by atoms with Crippen molar-refractivity contribution in [3.8, 4) is 0 Å². The lowest BCUT2D eigenvalue weighted by atomic mass is 9.79. The van der Waals surface area contributed by atoms with Gasteiger partial charge in [0, 0.05) is 5.92 Å². The second kappa shape index (κ2) is 4.28. The van der Waals surface area contributed by atoms with Crippen molar-refractivity contribution < 1.29 is 0 Å². The van der Waals surface area contributed by atoms with Crippen molar-refractivity contribution >= 4 is 6.08 Å². The van der Waals surface area contributed by atoms with E-state index in [0.717, 1.165) is 0 Å². The Morgan fingerprint density at radius 3 is 2.33 bits per heavy atom. The van der Waals surface area contributed by atoms with E-state index < -0.39 is 0 Å². The molecule has 0 nitrogen and oxygen atoms in total. The number of rotatable bonds is 2. The van der Waals surface area contributed by atoms with Gasteiger partial charge in [0.05, 0.1) is 0 Å². The van der Waals surface area contributed by atoms with Crippen LogP contribution in [-0.2, 0) is 0 Å². The van der Waals surface area contributed by atoms with E-state index in [9.17, 15) is 0 Å². The molecule has 0 aromatic heterocycles. The van der Waals surface area contributed by atoms with Crippen molar-refractivity contribution in [2.75, 3.05) is 0 Å². The van der Waals surface area contributed by atoms with Gasteiger partial charge in [-0.25, -0.2) is 0 Å². The third-order valence-electron chi connectivity index (χ3n) is 4.48. The monoisotopic (exact) mass is 236 g/mol. The predicted molar refractivity (Wildman–Crippen MR) is 78.6 cm³/mol. The summed E-state index contributed by atoms with van der Waals surface area (Å²) in [5.74, 6) is 1.79. The number of fused-ring (bicyclic) bond motifs is 1. The van der Waals surface area contributed by atoms with E-state index in [2.05, 4.69) is 69.4 Å². The molecule has 0 saturated heterocycles. The number of hydrogen-bond acceptors (Lipinski definition) is 0. The van der Waals surface area contributed by atoms with E-state index in [1.54, 1.807) is 5.56 Å². The summed E-state index contributed by atoms with van der Waals surface area (Å²) < 4.78 is 0. The molecule has 2 aliphatic carbocycles. The average molecular weight is 236 g/mol. The van der Waals surface area contributed by atoms with Crippen molar-refractivity contribution in [2.45, 2.75) is 26.7 Å². The zero-order valence-electron chi connectivity index (χ0n) is 11.4. The molecule has 0 fully saturated rings. The number of benzene rings is 1. The first-order valence-corrected chi connectivity index (χ1v) is 6.82. The number of hydrogen-bond donors (Lipinski definition) is 0. The summed E-state index contributed by atoms with van der Waals surface area (Å²) >= 11 is 0. The van der Waals surface area contributed by atoms with Crippen LogP contribution < -0.4 is 0 Å². The second-order valence-electron chi connectivity index (χ2n) is 5.62. The van der Waals surface area contributed by atoms with Gasteiger partial charge in [0.2, 0.25) is 0 Å². The molecule has 1 aromatic carbocycles. The summed E-state index contributed by atoms with van der Waals surface area (Å²) in [6.45, 7) is 6.83. The summed E-state index contributed by atoms with van der Waals surface area (Å²) in [6, 6.07) is 4.50. The molecule has 0 radical (unpaired) electrons. The minimum absolute atomic E-state index is 0.567. The molecule has 18 heavy (non-hydrogen) atoms. The highest BCUT2D eigenvalue weighted by atomic mass is 14.3. The predicted octanol–water partition coefficient (Wildman–Crippen LogP) is 4.79. The third-order valence-corrected chi connectivity index (χ3v) is 4.48. The fourth-order valence-electron chi connectivity index (χ4n) is 3.29. The molecular weight excluding hydrogens is 216 g/mol. The molecule has 0 amide bonds. The lowest BCUT2D eigenvalue weighted by molar-refractivity contribution is 0.458. The highest BCUT2D eigenvalue weighted by molar-refractivity contribution is 5.67. The zero-order chi connectivity index (χ0) is 12.7. The summed E-state index contributed by atoms with van der Waals surface area (Å²) in [5, 5.41) is 0. The Bertz CT molecular complexity index is 546. The highest BCUT2D eigenvalue weighted by Gasteiger charge is 2.29. The smallest absolute Gasteiger partial charge is 0.00642 e. The first kappa shape index (κ1) is 11.5. The van der Waals surface area contributed by atoms with E-state index in [0.29, 0.717) is 17.8 Å². The first-order valence-electron chi connectivity index (χ1n) is 6.82. The molecule has 0 saturated carbocycles. The molecule has 2 atom stereocenters. The molecule has 0 N–H and O–H groups in total. The van der Waals surface area contributed by atoms with Gasteiger partial charge >= 0.3 is 0 Å². The van der Waals surface area contributed by atoms with E-state index in [1.807, 2.05) is 0 Å². The van der Waals surface area contributed by atoms with Crippen molar-refractivity contribution in [1.29, 1.82) is 0 Å². The lowest BCUT2D eigenvalue weighted by Gasteiger charge is -2.25. The van der Waals surface area contributed by atoms with Crippen LogP contribution in [-0.4, -0.2) is 0 Å². The van der Waals surface area contributed by atoms with Crippen LogP contribution in [0.15, 0.2) is 42.5 Å². The van der Waals surface area contributed by atoms with Crippen LogP contribution >= 0.6 is 0 Å². The van der Waals surface area contributed by atoms with E-state index in [-0.39, 0.29) is 0 Å². The van der Waals surface area contributed by atoms with Crippen LogP contribution in [0.5, 0.6) is 0 Å². The lowest BCUT2D eigenvalue weighted by Crippen LogP contribution is -2.14. The Labute approximate surface area is 110 Å². The SMILES string of the molecule is Cc1ccc(C)c2c1C=CC2C(C)C1C=CC=C1. The van der Waals surface area contributed by atoms with Gasteiger partial charge in [0.25, 0.3) is 0 Å². The number of aryl methyl sites for hydroxylation is 2. The van der Waals surface area contributed by atoms with E-state index >= 15 is 0 Å². The maximum Gasteiger partial charge on any atom is 0.00642 e. The average Bonchev–Trinajstić information content (AvgIpc) is 3.01. The van der Waals surface area contributed by atoms with Gasteiger partial charge < -0.3 is 0 Å². The van der Waals surface area contributed by atoms with Gasteiger partial charge in [0.1, 0.15) is 0 Å². The fraction of sp³-hybridized carbons (Fsp3) is 0.333. The van der Waals surface area contributed by atoms with E-state index in [1.165, 1.54) is 16.7 Å². The van der Waals surface area contributed by atoms with Crippen molar-refractivity contribution in [3.05, 3.63) is 64.8 Å². The third kappa shape index (κ3) is 1.68. The summed E-state index contributed by atoms with van der Waals surface area (Å²) in [7, 11) is 0. The summed E-state index contributed by atoms with van der Waals surface area (Å²) in [4.78, 5) is 0. The second-order valence-corrected chi connectivity index (χ2v) is 5.62. The van der Waals surface area contributed by atoms with Gasteiger partial charge in [-0.2, -0.15) is 0 Å². The normalized spacial score (nSPS) is 22.7. The Kier molecular flexibility index (Phi) is 2.74. The molecule has 2 unspecified atom stereocenters. The van der Waals surface area contributed by atoms with Crippen LogP contribution in [0.25, 0.3) is 6.08 Å². The van der Waals surface area contributed by atoms with Crippen molar-refractivity contribution in [3.63, 3.8) is 0 Å². The Balaban J connectivity index is 1.99. The van der Waals surface area contributed by atoms with Crippen LogP contribution in [0.2, 0.25) is 0 Å². The van der Waals surface area contributed by atoms with E-state index in [4.69, 9.17) is 0 Å². The van der Waals surface area contributed by atoms with Gasteiger partial charge in [-0.1, -0.05) is 55.5 Å². The fourth-order valence-corrected chi connectivity index (χ4v) is 3.29. The Hall–Kier alpha value is -1.56. The molecule has 0 heterocycles. The minimum Gasteiger partial charge on any atom is -0.0773 e. The molecule has 92 valence electrons. The van der Waals surface area contributed by atoms with Crippen LogP contribution in [0.4, 0.5) is 0 Å². The molecular formula is C18H20. The molecule has 2 aliphatic rings. The summed E-state index contributed by atoms with van der Waals surface area (Å²) in [6.07, 6.45) is 13.7. The maximum atomic E-state index is 2.40. The van der Waals surface area contributed by atoms with Crippen LogP contribution in [0.3, 0.4) is 0 Å². The largest absolute Gasteiger partial charge is 0.0773 e. The van der Waals surface area contributed by atoms with Crippen molar-refractivity contribution in [1.82, 2.24) is 0 Å². The highest BCUT2D eigenvalue weighted by Crippen LogP contribution is 2.42. The minimum atomic E-state index is 0.567. The zero-order valence-corrected chi connectivity index (χ0v) is 11.4. The molecule has 3 rings (SSSR count). The van der Waals surface area contributed by atoms with Gasteiger partial charge in [-0.05, 0) is 47.9 Å². The topological polar surface area (TPSA) is 0 Å². The molecule has 0 spiro atoms. The Morgan fingerprint density at radius 1 is 0.944 bits per heavy atom. The molecule has 0 bridgehead atoms. The number of allylic oxidation sites excluding steroid dienone is 5. The standard InChI is InChI=1S/C18H20/c1-12-8-9-13(2)18-16(12)10-11-17(18)14(3)15-6-4-5-7-15/h4-11,14-15,17H,1-3H3. The van der Waals surface area contributed by atoms with Crippen LogP contribution in [0.1, 0.15) is 35.1 Å². The van der Waals surface area contributed by atoms with Gasteiger partial charge in [-0.15, -0.1) is 0 Å². The molecule has 1 aromatic rings. The van der Waals surface area contributed by atoms with Crippen LogP contribution in [0, 0.1) is 25.7 Å². The van der Waals surface area contributed by atoms with Crippen molar-refractivity contribution in [2.24, 2.45) is 11.8 Å². The van der Waals surface area contributed by atoms with Gasteiger partial charge in [0.15, 0.2) is 0 Å². The summed E-state index contributed by atoms with van der Waals surface area (Å²) in [5.41, 5.74) is 5.84.